The smallest absolute Gasteiger partial charge is 0.243 e. The van der Waals surface area contributed by atoms with Crippen LogP contribution in [-0.4, -0.2) is 41.0 Å². The molecule has 26 heavy (non-hydrogen) atoms. The molecule has 1 aromatic rings. The Labute approximate surface area is 158 Å². The molecule has 4 aliphatic carbocycles. The van der Waals surface area contributed by atoms with Gasteiger partial charge in [-0.15, -0.1) is 0 Å². The highest BCUT2D eigenvalue weighted by Gasteiger charge is 2.60. The zero-order valence-corrected chi connectivity index (χ0v) is 15.8. The zero-order valence-electron chi connectivity index (χ0n) is 15.0. The summed E-state index contributed by atoms with van der Waals surface area (Å²) in [4.78, 5) is 27.0. The Balaban J connectivity index is 1.41. The average molecular weight is 377 g/mol. The maximum atomic E-state index is 13.2. The second kappa shape index (κ2) is 6.24. The summed E-state index contributed by atoms with van der Waals surface area (Å²) < 4.78 is 0. The van der Waals surface area contributed by atoms with Gasteiger partial charge in [0.05, 0.1) is 17.6 Å². The molecule has 0 radical (unpaired) electrons. The first-order valence-electron chi connectivity index (χ1n) is 9.30. The molecule has 5 rings (SSSR count). The number of rotatable bonds is 4. The summed E-state index contributed by atoms with van der Waals surface area (Å²) in [6.07, 6.45) is 5.06. The van der Waals surface area contributed by atoms with Gasteiger partial charge in [0.25, 0.3) is 0 Å². The van der Waals surface area contributed by atoms with Crippen molar-refractivity contribution in [3.63, 3.8) is 0 Å². The lowest BCUT2D eigenvalue weighted by molar-refractivity contribution is -0.185. The molecule has 1 aromatic carbocycles. The lowest BCUT2D eigenvalue weighted by Crippen LogP contribution is -2.60. The van der Waals surface area contributed by atoms with E-state index in [9.17, 15) is 14.7 Å². The predicted octanol–water partition coefficient (Wildman–Crippen LogP) is 3.07. The lowest BCUT2D eigenvalue weighted by atomic mass is 9.47. The zero-order chi connectivity index (χ0) is 18.5. The Morgan fingerprint density at radius 2 is 1.81 bits per heavy atom. The maximum absolute atomic E-state index is 13.2. The highest BCUT2D eigenvalue weighted by molar-refractivity contribution is 6.30. The molecule has 5 nitrogen and oxygen atoms in total. The highest BCUT2D eigenvalue weighted by atomic mass is 35.5. The van der Waals surface area contributed by atoms with Crippen molar-refractivity contribution in [2.24, 2.45) is 17.3 Å². The minimum atomic E-state index is -0.674. The summed E-state index contributed by atoms with van der Waals surface area (Å²) in [6.45, 7) is 0.0109. The van der Waals surface area contributed by atoms with E-state index < -0.39 is 11.0 Å². The highest BCUT2D eigenvalue weighted by Crippen LogP contribution is 2.62. The second-order valence-corrected chi connectivity index (χ2v) is 9.12. The number of carbonyl (C=O) groups is 2. The van der Waals surface area contributed by atoms with Crippen LogP contribution in [0.2, 0.25) is 5.02 Å². The van der Waals surface area contributed by atoms with E-state index in [4.69, 9.17) is 11.6 Å². The summed E-state index contributed by atoms with van der Waals surface area (Å²) in [6, 6.07) is 6.89. The van der Waals surface area contributed by atoms with Crippen LogP contribution in [0.15, 0.2) is 24.3 Å². The number of benzene rings is 1. The molecule has 2 unspecified atom stereocenters. The third kappa shape index (κ3) is 3.23. The number of nitrogens with zero attached hydrogens (tertiary/aromatic N) is 1. The van der Waals surface area contributed by atoms with Crippen LogP contribution < -0.4 is 5.32 Å². The fourth-order valence-corrected chi connectivity index (χ4v) is 6.02. The summed E-state index contributed by atoms with van der Waals surface area (Å²) in [5.74, 6) is 0.672. The summed E-state index contributed by atoms with van der Waals surface area (Å²) in [7, 11) is 1.69. The SMILES string of the molecule is CN(CC(=O)Nc1ccc(Cl)cc1)C(=O)C12C[C@@H]3C[C@@H](CC(O)(C3)C1)C2. The summed E-state index contributed by atoms with van der Waals surface area (Å²) in [5, 5.41) is 14.2. The number of halogens is 1. The number of hydrogen-bond donors (Lipinski definition) is 2. The van der Waals surface area contributed by atoms with Gasteiger partial charge in [-0.25, -0.2) is 0 Å². The van der Waals surface area contributed by atoms with Crippen LogP contribution in [0.3, 0.4) is 0 Å². The summed E-state index contributed by atoms with van der Waals surface area (Å²) >= 11 is 5.85. The first-order valence-corrected chi connectivity index (χ1v) is 9.68. The number of aliphatic hydroxyl groups is 1. The number of likely N-dealkylation sites (N-methyl/N-ethyl adjacent to an activating group) is 1. The van der Waals surface area contributed by atoms with E-state index in [2.05, 4.69) is 5.32 Å². The molecule has 0 aliphatic heterocycles. The molecule has 0 saturated heterocycles. The van der Waals surface area contributed by atoms with Crippen LogP contribution in [0.5, 0.6) is 0 Å². The second-order valence-electron chi connectivity index (χ2n) is 8.68. The van der Waals surface area contributed by atoms with Crippen molar-refractivity contribution >= 4 is 29.1 Å². The monoisotopic (exact) mass is 376 g/mol. The van der Waals surface area contributed by atoms with Crippen LogP contribution >= 0.6 is 11.6 Å². The van der Waals surface area contributed by atoms with Crippen LogP contribution in [0, 0.1) is 17.3 Å². The molecule has 4 atom stereocenters. The normalized spacial score (nSPS) is 34.6. The predicted molar refractivity (Wildman–Crippen MR) is 99.8 cm³/mol. The Bertz CT molecular complexity index is 719. The topological polar surface area (TPSA) is 69.6 Å². The van der Waals surface area contributed by atoms with Crippen LogP contribution in [0.25, 0.3) is 0 Å². The number of carbonyl (C=O) groups excluding carboxylic acids is 2. The largest absolute Gasteiger partial charge is 0.390 e. The molecule has 140 valence electrons. The number of hydrogen-bond acceptors (Lipinski definition) is 3. The molecule has 2 N–H and O–H groups in total. The van der Waals surface area contributed by atoms with Crippen LogP contribution in [0.1, 0.15) is 38.5 Å². The van der Waals surface area contributed by atoms with E-state index >= 15 is 0 Å². The van der Waals surface area contributed by atoms with E-state index in [1.807, 2.05) is 0 Å². The van der Waals surface area contributed by atoms with Gasteiger partial charge < -0.3 is 15.3 Å². The molecular weight excluding hydrogens is 352 g/mol. The van der Waals surface area contributed by atoms with Gasteiger partial charge >= 0.3 is 0 Å². The van der Waals surface area contributed by atoms with Crippen molar-refractivity contribution < 1.29 is 14.7 Å². The van der Waals surface area contributed by atoms with Crippen LogP contribution in [0.4, 0.5) is 5.69 Å². The van der Waals surface area contributed by atoms with Crippen molar-refractivity contribution in [2.75, 3.05) is 18.9 Å². The molecule has 4 fully saturated rings. The first kappa shape index (κ1) is 17.8. The Morgan fingerprint density at radius 3 is 2.38 bits per heavy atom. The fourth-order valence-electron chi connectivity index (χ4n) is 5.89. The molecular formula is C20H25ClN2O3. The van der Waals surface area contributed by atoms with Crippen molar-refractivity contribution in [1.29, 1.82) is 0 Å². The van der Waals surface area contributed by atoms with Gasteiger partial charge in [0, 0.05) is 17.8 Å². The molecule has 4 saturated carbocycles. The van der Waals surface area contributed by atoms with Crippen molar-refractivity contribution in [3.8, 4) is 0 Å². The van der Waals surface area contributed by atoms with E-state index in [-0.39, 0.29) is 18.4 Å². The number of anilines is 1. The van der Waals surface area contributed by atoms with Crippen LogP contribution in [-0.2, 0) is 9.59 Å². The lowest BCUT2D eigenvalue weighted by Gasteiger charge is -2.59. The molecule has 0 heterocycles. The van der Waals surface area contributed by atoms with E-state index in [1.54, 1.807) is 31.3 Å². The van der Waals surface area contributed by atoms with Gasteiger partial charge in [0.15, 0.2) is 0 Å². The van der Waals surface area contributed by atoms with Gasteiger partial charge in [0.2, 0.25) is 11.8 Å². The first-order chi connectivity index (χ1) is 12.3. The molecule has 0 aromatic heterocycles. The average Bonchev–Trinajstić information content (AvgIpc) is 2.54. The maximum Gasteiger partial charge on any atom is 0.243 e. The van der Waals surface area contributed by atoms with Crippen molar-refractivity contribution in [1.82, 2.24) is 4.90 Å². The van der Waals surface area contributed by atoms with Gasteiger partial charge in [-0.1, -0.05) is 11.6 Å². The van der Waals surface area contributed by atoms with Gasteiger partial charge in [-0.3, -0.25) is 9.59 Å². The molecule has 6 heteroatoms. The quantitative estimate of drug-likeness (QED) is 0.848. The molecule has 4 bridgehead atoms. The van der Waals surface area contributed by atoms with E-state index in [0.29, 0.717) is 29.0 Å². The third-order valence-corrected chi connectivity index (χ3v) is 6.59. The van der Waals surface area contributed by atoms with Gasteiger partial charge in [-0.2, -0.15) is 0 Å². The van der Waals surface area contributed by atoms with Gasteiger partial charge in [-0.05, 0) is 74.6 Å². The molecule has 0 spiro atoms. The van der Waals surface area contributed by atoms with E-state index in [1.165, 1.54) is 4.90 Å². The number of amides is 2. The standard InChI is InChI=1S/C20H25ClN2O3/c1-23(11-17(24)22-16-4-2-15(21)3-5-16)18(25)19-7-13-6-14(8-19)10-20(26,9-13)12-19/h2-5,13-14,26H,6-12H2,1H3,(H,22,24)/t13-,14+,19?,20?. The van der Waals surface area contributed by atoms with Crippen molar-refractivity contribution in [3.05, 3.63) is 29.3 Å². The van der Waals surface area contributed by atoms with Gasteiger partial charge in [0.1, 0.15) is 0 Å². The summed E-state index contributed by atoms with van der Waals surface area (Å²) in [5.41, 5.74) is -0.496. The Kier molecular flexibility index (Phi) is 4.27. The third-order valence-electron chi connectivity index (χ3n) is 6.34. The Morgan fingerprint density at radius 1 is 1.19 bits per heavy atom. The number of nitrogens with one attached hydrogen (secondary N) is 1. The molecule has 2 amide bonds. The molecule has 4 aliphatic rings. The fraction of sp³-hybridized carbons (Fsp3) is 0.600. The van der Waals surface area contributed by atoms with Crippen molar-refractivity contribution in [2.45, 2.75) is 44.1 Å². The van der Waals surface area contributed by atoms with E-state index in [0.717, 1.165) is 32.1 Å². The minimum Gasteiger partial charge on any atom is -0.390 e. The Hall–Kier alpha value is -1.59. The minimum absolute atomic E-state index is 0.0104.